The Morgan fingerprint density at radius 1 is 1.00 bits per heavy atom. The van der Waals surface area contributed by atoms with Gasteiger partial charge in [0.2, 0.25) is 5.91 Å². The minimum absolute atomic E-state index is 0. The quantitative estimate of drug-likeness (QED) is 0.903. The highest BCUT2D eigenvalue weighted by Gasteiger charge is 2.33. The first-order valence-corrected chi connectivity index (χ1v) is 8.36. The van der Waals surface area contributed by atoms with Crippen LogP contribution < -0.4 is 5.73 Å². The van der Waals surface area contributed by atoms with Crippen LogP contribution in [-0.2, 0) is 11.2 Å². The van der Waals surface area contributed by atoms with E-state index in [2.05, 4.69) is 24.3 Å². The van der Waals surface area contributed by atoms with E-state index in [1.54, 1.807) is 0 Å². The third-order valence-electron chi connectivity index (χ3n) is 4.64. The van der Waals surface area contributed by atoms with Gasteiger partial charge in [0.15, 0.2) is 0 Å². The lowest BCUT2D eigenvalue weighted by atomic mass is 9.95. The summed E-state index contributed by atoms with van der Waals surface area (Å²) in [7, 11) is 0. The lowest BCUT2D eigenvalue weighted by Gasteiger charge is -2.16. The first kappa shape index (κ1) is 18.5. The van der Waals surface area contributed by atoms with Gasteiger partial charge in [0, 0.05) is 31.5 Å². The maximum atomic E-state index is 12.4. The monoisotopic (exact) mass is 344 g/mol. The molecule has 0 aliphatic carbocycles. The zero-order valence-electron chi connectivity index (χ0n) is 13.8. The first-order valence-electron chi connectivity index (χ1n) is 8.36. The van der Waals surface area contributed by atoms with E-state index in [9.17, 15) is 4.79 Å². The van der Waals surface area contributed by atoms with E-state index >= 15 is 0 Å². The molecule has 24 heavy (non-hydrogen) atoms. The number of aryl methyl sites for hydroxylation is 1. The summed E-state index contributed by atoms with van der Waals surface area (Å²) in [6.07, 6.45) is 2.45. The van der Waals surface area contributed by atoms with Crippen molar-refractivity contribution in [1.29, 1.82) is 0 Å². The molecule has 0 unspecified atom stereocenters. The molecule has 0 spiro atoms. The van der Waals surface area contributed by atoms with E-state index in [1.165, 1.54) is 11.1 Å². The Morgan fingerprint density at radius 3 is 2.29 bits per heavy atom. The highest BCUT2D eigenvalue weighted by molar-refractivity contribution is 5.85. The molecule has 2 N–H and O–H groups in total. The summed E-state index contributed by atoms with van der Waals surface area (Å²) in [6.45, 7) is 1.42. The molecule has 1 fully saturated rings. The van der Waals surface area contributed by atoms with Crippen LogP contribution in [-0.4, -0.2) is 29.9 Å². The maximum absolute atomic E-state index is 12.4. The second kappa shape index (κ2) is 8.86. The number of hydrogen-bond acceptors (Lipinski definition) is 2. The van der Waals surface area contributed by atoms with Crippen LogP contribution >= 0.6 is 12.4 Å². The summed E-state index contributed by atoms with van der Waals surface area (Å²) in [5.74, 6) is 0.490. The summed E-state index contributed by atoms with van der Waals surface area (Å²) < 4.78 is 0. The van der Waals surface area contributed by atoms with Crippen LogP contribution in [0.1, 0.15) is 29.9 Å². The van der Waals surface area contributed by atoms with Crippen molar-refractivity contribution in [3.05, 3.63) is 71.8 Å². The molecule has 128 valence electrons. The Hall–Kier alpha value is -1.84. The first-order chi connectivity index (χ1) is 11.2. The Labute approximate surface area is 150 Å². The number of carbonyl (C=O) groups is 1. The number of nitrogens with two attached hydrogens (primary N) is 1. The molecule has 1 saturated heterocycles. The van der Waals surface area contributed by atoms with E-state index in [0.29, 0.717) is 13.0 Å². The van der Waals surface area contributed by atoms with Crippen molar-refractivity contribution in [1.82, 2.24) is 4.90 Å². The van der Waals surface area contributed by atoms with Crippen molar-refractivity contribution >= 4 is 18.3 Å². The van der Waals surface area contributed by atoms with E-state index in [0.717, 1.165) is 19.4 Å². The molecule has 2 aromatic rings. The molecule has 2 aromatic carbocycles. The predicted octanol–water partition coefficient (Wildman–Crippen LogP) is 3.38. The number of halogens is 1. The van der Waals surface area contributed by atoms with Crippen LogP contribution in [0.4, 0.5) is 0 Å². The van der Waals surface area contributed by atoms with E-state index < -0.39 is 0 Å². The topological polar surface area (TPSA) is 46.3 Å². The second-order valence-electron chi connectivity index (χ2n) is 6.32. The molecular formula is C20H25ClN2O. The molecule has 0 bridgehead atoms. The predicted molar refractivity (Wildman–Crippen MR) is 100 cm³/mol. The van der Waals surface area contributed by atoms with Crippen LogP contribution in [0.25, 0.3) is 0 Å². The molecule has 4 heteroatoms. The Morgan fingerprint density at radius 2 is 1.62 bits per heavy atom. The molecule has 1 heterocycles. The molecule has 0 saturated carbocycles. The lowest BCUT2D eigenvalue weighted by Crippen LogP contribution is -2.32. The van der Waals surface area contributed by atoms with Crippen molar-refractivity contribution in [3.8, 4) is 0 Å². The molecule has 1 aliphatic rings. The van der Waals surface area contributed by atoms with Crippen LogP contribution in [0.3, 0.4) is 0 Å². The van der Waals surface area contributed by atoms with Gasteiger partial charge >= 0.3 is 0 Å². The molecule has 2 atom stereocenters. The largest absolute Gasteiger partial charge is 0.340 e. The SMILES string of the molecule is Cl.N[C@@H]1CN(C(=O)CCCc2ccccc2)C[C@H]1c1ccccc1. The smallest absolute Gasteiger partial charge is 0.222 e. The molecular weight excluding hydrogens is 320 g/mol. The minimum atomic E-state index is 0. The summed E-state index contributed by atoms with van der Waals surface area (Å²) in [4.78, 5) is 14.4. The molecule has 3 rings (SSSR count). The van der Waals surface area contributed by atoms with Crippen molar-refractivity contribution in [2.45, 2.75) is 31.2 Å². The minimum Gasteiger partial charge on any atom is -0.340 e. The van der Waals surface area contributed by atoms with E-state index in [1.807, 2.05) is 41.3 Å². The molecule has 1 amide bonds. The number of benzene rings is 2. The number of carbonyl (C=O) groups excluding carboxylic acids is 1. The van der Waals surface area contributed by atoms with Gasteiger partial charge in [-0.1, -0.05) is 60.7 Å². The van der Waals surface area contributed by atoms with Crippen molar-refractivity contribution in [3.63, 3.8) is 0 Å². The third kappa shape index (κ3) is 4.59. The van der Waals surface area contributed by atoms with Gasteiger partial charge in [-0.3, -0.25) is 4.79 Å². The summed E-state index contributed by atoms with van der Waals surface area (Å²) >= 11 is 0. The summed E-state index contributed by atoms with van der Waals surface area (Å²) in [6, 6.07) is 20.7. The van der Waals surface area contributed by atoms with Crippen molar-refractivity contribution in [2.75, 3.05) is 13.1 Å². The zero-order chi connectivity index (χ0) is 16.1. The fourth-order valence-electron chi connectivity index (χ4n) is 3.33. The van der Waals surface area contributed by atoms with Gasteiger partial charge in [-0.2, -0.15) is 0 Å². The van der Waals surface area contributed by atoms with Crippen LogP contribution in [0.5, 0.6) is 0 Å². The van der Waals surface area contributed by atoms with Gasteiger partial charge in [-0.05, 0) is 24.0 Å². The third-order valence-corrected chi connectivity index (χ3v) is 4.64. The number of amides is 1. The van der Waals surface area contributed by atoms with Crippen molar-refractivity contribution in [2.24, 2.45) is 5.73 Å². The molecule has 3 nitrogen and oxygen atoms in total. The number of likely N-dealkylation sites (tertiary alicyclic amines) is 1. The Kier molecular flexibility index (Phi) is 6.83. The lowest BCUT2D eigenvalue weighted by molar-refractivity contribution is -0.130. The number of rotatable bonds is 5. The van der Waals surface area contributed by atoms with Gasteiger partial charge in [0.25, 0.3) is 0 Å². The fraction of sp³-hybridized carbons (Fsp3) is 0.350. The van der Waals surface area contributed by atoms with Crippen LogP contribution in [0, 0.1) is 0 Å². The summed E-state index contributed by atoms with van der Waals surface area (Å²) in [5, 5.41) is 0. The molecule has 0 radical (unpaired) electrons. The van der Waals surface area contributed by atoms with Gasteiger partial charge in [0.1, 0.15) is 0 Å². The van der Waals surface area contributed by atoms with Crippen molar-refractivity contribution < 1.29 is 4.79 Å². The average Bonchev–Trinajstić information content (AvgIpc) is 2.98. The van der Waals surface area contributed by atoms with Crippen LogP contribution in [0.2, 0.25) is 0 Å². The number of nitrogens with zero attached hydrogens (tertiary/aromatic N) is 1. The zero-order valence-corrected chi connectivity index (χ0v) is 14.6. The van der Waals surface area contributed by atoms with E-state index in [4.69, 9.17) is 5.73 Å². The Bertz CT molecular complexity index is 633. The molecule has 1 aliphatic heterocycles. The standard InChI is InChI=1S/C20H24N2O.ClH/c21-19-15-22(14-18(19)17-11-5-2-6-12-17)20(23)13-7-10-16-8-3-1-4-9-16;/h1-6,8-9,11-12,18-19H,7,10,13-15,21H2;1H/t18-,19+;/m0./s1. The summed E-state index contributed by atoms with van der Waals surface area (Å²) in [5.41, 5.74) is 8.79. The number of hydrogen-bond donors (Lipinski definition) is 1. The fourth-order valence-corrected chi connectivity index (χ4v) is 3.33. The van der Waals surface area contributed by atoms with Gasteiger partial charge in [-0.25, -0.2) is 0 Å². The van der Waals surface area contributed by atoms with Crippen LogP contribution in [0.15, 0.2) is 60.7 Å². The Balaban J connectivity index is 0.00000208. The maximum Gasteiger partial charge on any atom is 0.222 e. The average molecular weight is 345 g/mol. The van der Waals surface area contributed by atoms with Gasteiger partial charge in [-0.15, -0.1) is 12.4 Å². The molecule has 0 aromatic heterocycles. The highest BCUT2D eigenvalue weighted by Crippen LogP contribution is 2.26. The van der Waals surface area contributed by atoms with Gasteiger partial charge in [0.05, 0.1) is 0 Å². The second-order valence-corrected chi connectivity index (χ2v) is 6.32. The normalized spacial score (nSPS) is 19.8. The van der Waals surface area contributed by atoms with Gasteiger partial charge < -0.3 is 10.6 Å². The highest BCUT2D eigenvalue weighted by atomic mass is 35.5. The van der Waals surface area contributed by atoms with E-state index in [-0.39, 0.29) is 30.3 Å².